The van der Waals surface area contributed by atoms with Crippen LogP contribution in [0.25, 0.3) is 11.0 Å². The van der Waals surface area contributed by atoms with Gasteiger partial charge in [0.15, 0.2) is 11.5 Å². The Labute approximate surface area is 164 Å². The van der Waals surface area contributed by atoms with Gasteiger partial charge in [-0.1, -0.05) is 0 Å². The number of fused-ring (bicyclic) bond motifs is 2. The molecule has 148 valence electrons. The molecule has 6 heteroatoms. The smallest absolute Gasteiger partial charge is 0.240 e. The van der Waals surface area contributed by atoms with E-state index in [1.807, 2.05) is 23.6 Å². The quantitative estimate of drug-likeness (QED) is 0.887. The first-order valence-corrected chi connectivity index (χ1v) is 10.6. The van der Waals surface area contributed by atoms with Gasteiger partial charge >= 0.3 is 0 Å². The summed E-state index contributed by atoms with van der Waals surface area (Å²) in [5, 5.41) is 3.47. The number of hydrogen-bond donors (Lipinski definition) is 1. The molecule has 4 saturated carbocycles. The minimum absolute atomic E-state index is 0.0479. The molecule has 2 aromatic rings. The van der Waals surface area contributed by atoms with Gasteiger partial charge in [0.05, 0.1) is 11.0 Å². The Bertz CT molecular complexity index is 928. The van der Waals surface area contributed by atoms with Crippen LogP contribution in [0.2, 0.25) is 0 Å². The first-order valence-electron chi connectivity index (χ1n) is 10.6. The van der Waals surface area contributed by atoms with Crippen LogP contribution in [0.4, 0.5) is 0 Å². The number of imidazole rings is 1. The molecular weight excluding hydrogens is 354 g/mol. The topological polar surface area (TPSA) is 65.4 Å². The lowest BCUT2D eigenvalue weighted by Crippen LogP contribution is -2.60. The van der Waals surface area contributed by atoms with E-state index in [9.17, 15) is 4.79 Å². The van der Waals surface area contributed by atoms with Gasteiger partial charge in [-0.25, -0.2) is 4.98 Å². The second-order valence-electron chi connectivity index (χ2n) is 9.48. The molecule has 0 radical (unpaired) electrons. The average molecular weight is 381 g/mol. The van der Waals surface area contributed by atoms with E-state index in [2.05, 4.69) is 10.3 Å². The molecule has 7 rings (SSSR count). The first-order chi connectivity index (χ1) is 13.6. The number of benzene rings is 1. The van der Waals surface area contributed by atoms with E-state index in [4.69, 9.17) is 9.47 Å². The fraction of sp³-hybridized carbons (Fsp3) is 0.636. The summed E-state index contributed by atoms with van der Waals surface area (Å²) in [5.74, 6) is 4.91. The van der Waals surface area contributed by atoms with Gasteiger partial charge in [0, 0.05) is 17.7 Å². The lowest BCUT2D eigenvalue weighted by atomic mass is 9.53. The molecule has 1 aromatic carbocycles. The van der Waals surface area contributed by atoms with Gasteiger partial charge in [-0.2, -0.15) is 0 Å². The van der Waals surface area contributed by atoms with E-state index >= 15 is 0 Å². The maximum absolute atomic E-state index is 13.1. The van der Waals surface area contributed by atoms with E-state index in [0.29, 0.717) is 19.8 Å². The van der Waals surface area contributed by atoms with Gasteiger partial charge in [-0.15, -0.1) is 0 Å². The van der Waals surface area contributed by atoms with Gasteiger partial charge in [0.1, 0.15) is 25.6 Å². The van der Waals surface area contributed by atoms with Crippen molar-refractivity contribution in [3.8, 4) is 11.5 Å². The summed E-state index contributed by atoms with van der Waals surface area (Å²) in [4.78, 5) is 17.7. The molecule has 1 N–H and O–H groups in total. The average Bonchev–Trinajstić information content (AvgIpc) is 2.92. The molecule has 0 atom stereocenters. The molecule has 4 bridgehead atoms. The molecule has 4 fully saturated rings. The number of nitrogens with one attached hydrogen (secondary N) is 1. The monoisotopic (exact) mass is 381 g/mol. The Balaban J connectivity index is 1.26. The fourth-order valence-electron chi connectivity index (χ4n) is 6.72. The Hall–Kier alpha value is -2.24. The third-order valence-corrected chi connectivity index (χ3v) is 7.35. The van der Waals surface area contributed by atoms with E-state index in [0.717, 1.165) is 46.1 Å². The summed E-state index contributed by atoms with van der Waals surface area (Å²) in [7, 11) is 0. The van der Waals surface area contributed by atoms with Crippen molar-refractivity contribution in [2.45, 2.75) is 57.5 Å². The Kier molecular flexibility index (Phi) is 3.50. The molecule has 0 spiro atoms. The lowest BCUT2D eigenvalue weighted by molar-refractivity contribution is -0.127. The van der Waals surface area contributed by atoms with Gasteiger partial charge < -0.3 is 19.4 Å². The predicted molar refractivity (Wildman–Crippen MR) is 105 cm³/mol. The standard InChI is InChI=1S/C22H27N3O3/c1-13-23-17-7-19-20(28-3-2-27-19)8-18(17)25(13)12-21(26)24-22-9-14-4-15(10-22)6-16(5-14)11-22/h7-8,14-16H,2-6,9-12H2,1H3,(H,24,26). The normalized spacial score (nSPS) is 32.7. The van der Waals surface area contributed by atoms with Crippen molar-refractivity contribution in [3.05, 3.63) is 18.0 Å². The van der Waals surface area contributed by atoms with Crippen molar-refractivity contribution >= 4 is 16.9 Å². The number of hydrogen-bond acceptors (Lipinski definition) is 4. The molecule has 0 saturated heterocycles. The van der Waals surface area contributed by atoms with E-state index in [-0.39, 0.29) is 11.4 Å². The SMILES string of the molecule is Cc1nc2cc3c(cc2n1CC(=O)NC12CC4CC(CC(C4)C1)C2)OCCO3. The molecule has 1 aliphatic heterocycles. The van der Waals surface area contributed by atoms with Crippen LogP contribution >= 0.6 is 0 Å². The summed E-state index contributed by atoms with van der Waals surface area (Å²) >= 11 is 0. The van der Waals surface area contributed by atoms with Crippen LogP contribution < -0.4 is 14.8 Å². The van der Waals surface area contributed by atoms with E-state index < -0.39 is 0 Å². The third-order valence-electron chi connectivity index (χ3n) is 7.35. The van der Waals surface area contributed by atoms with Gasteiger partial charge in [-0.3, -0.25) is 4.79 Å². The maximum atomic E-state index is 13.1. The van der Waals surface area contributed by atoms with Crippen LogP contribution in [0.5, 0.6) is 11.5 Å². The molecule has 5 aliphatic rings. The third kappa shape index (κ3) is 2.60. The number of aromatic nitrogens is 2. The summed E-state index contributed by atoms with van der Waals surface area (Å²) < 4.78 is 13.4. The van der Waals surface area contributed by atoms with Gasteiger partial charge in [-0.05, 0) is 63.2 Å². The Morgan fingerprint density at radius 3 is 2.36 bits per heavy atom. The molecule has 2 heterocycles. The number of amides is 1. The number of rotatable bonds is 3. The molecule has 0 unspecified atom stereocenters. The van der Waals surface area contributed by atoms with Crippen LogP contribution in [-0.4, -0.2) is 34.2 Å². The number of nitrogens with zero attached hydrogens (tertiary/aromatic N) is 2. The van der Waals surface area contributed by atoms with Crippen LogP contribution in [-0.2, 0) is 11.3 Å². The van der Waals surface area contributed by atoms with Gasteiger partial charge in [0.25, 0.3) is 0 Å². The summed E-state index contributed by atoms with van der Waals surface area (Å²) in [6.07, 6.45) is 7.67. The Morgan fingerprint density at radius 1 is 1.11 bits per heavy atom. The number of carbonyl (C=O) groups is 1. The van der Waals surface area contributed by atoms with Crippen LogP contribution in [0.3, 0.4) is 0 Å². The maximum Gasteiger partial charge on any atom is 0.240 e. The molecular formula is C22H27N3O3. The van der Waals surface area contributed by atoms with Crippen LogP contribution in [0, 0.1) is 24.7 Å². The minimum atomic E-state index is 0.0479. The van der Waals surface area contributed by atoms with Gasteiger partial charge in [0.2, 0.25) is 5.91 Å². The molecule has 4 aliphatic carbocycles. The van der Waals surface area contributed by atoms with Crippen molar-refractivity contribution in [1.82, 2.24) is 14.9 Å². The zero-order chi connectivity index (χ0) is 18.9. The zero-order valence-electron chi connectivity index (χ0n) is 16.4. The Morgan fingerprint density at radius 2 is 1.71 bits per heavy atom. The highest BCUT2D eigenvalue weighted by atomic mass is 16.6. The highest BCUT2D eigenvalue weighted by Gasteiger charge is 2.51. The molecule has 1 aromatic heterocycles. The van der Waals surface area contributed by atoms with Crippen molar-refractivity contribution < 1.29 is 14.3 Å². The molecule has 6 nitrogen and oxygen atoms in total. The van der Waals surface area contributed by atoms with E-state index in [1.165, 1.54) is 38.5 Å². The lowest BCUT2D eigenvalue weighted by Gasteiger charge is -2.56. The number of ether oxygens (including phenoxy) is 2. The molecule has 28 heavy (non-hydrogen) atoms. The van der Waals surface area contributed by atoms with Crippen molar-refractivity contribution in [2.75, 3.05) is 13.2 Å². The molecule has 1 amide bonds. The second-order valence-corrected chi connectivity index (χ2v) is 9.48. The minimum Gasteiger partial charge on any atom is -0.486 e. The summed E-state index contributed by atoms with van der Waals surface area (Å²) in [6.45, 7) is 3.38. The van der Waals surface area contributed by atoms with E-state index in [1.54, 1.807) is 0 Å². The number of carbonyl (C=O) groups excluding carboxylic acids is 1. The van der Waals surface area contributed by atoms with Crippen molar-refractivity contribution in [2.24, 2.45) is 17.8 Å². The van der Waals surface area contributed by atoms with Crippen molar-refractivity contribution in [3.63, 3.8) is 0 Å². The van der Waals surface area contributed by atoms with Crippen LogP contribution in [0.1, 0.15) is 44.3 Å². The number of aryl methyl sites for hydroxylation is 1. The summed E-state index contributed by atoms with van der Waals surface area (Å²) in [5.41, 5.74) is 1.83. The first kappa shape index (κ1) is 16.7. The summed E-state index contributed by atoms with van der Waals surface area (Å²) in [6, 6.07) is 3.88. The highest BCUT2D eigenvalue weighted by Crippen LogP contribution is 2.55. The van der Waals surface area contributed by atoms with Crippen LogP contribution in [0.15, 0.2) is 12.1 Å². The largest absolute Gasteiger partial charge is 0.486 e. The van der Waals surface area contributed by atoms with Crippen molar-refractivity contribution in [1.29, 1.82) is 0 Å². The fourth-order valence-corrected chi connectivity index (χ4v) is 6.72. The predicted octanol–water partition coefficient (Wildman–Crippen LogP) is 3.20. The second kappa shape index (κ2) is 5.88. The zero-order valence-corrected chi connectivity index (χ0v) is 16.4. The highest BCUT2D eigenvalue weighted by molar-refractivity contribution is 5.84.